The van der Waals surface area contributed by atoms with E-state index < -0.39 is 21.8 Å². The number of nitrogens with zero attached hydrogens (tertiary/aromatic N) is 2. The van der Waals surface area contributed by atoms with E-state index in [1.807, 2.05) is 18.2 Å². The third kappa shape index (κ3) is 4.07. The van der Waals surface area contributed by atoms with Crippen LogP contribution in [0.3, 0.4) is 0 Å². The molecule has 2 N–H and O–H groups in total. The average Bonchev–Trinajstić information content (AvgIpc) is 2.83. The molecule has 0 spiro atoms. The van der Waals surface area contributed by atoms with Crippen LogP contribution in [0.1, 0.15) is 6.42 Å². The fourth-order valence-corrected chi connectivity index (χ4v) is 5.07. The number of hydrogen-bond donors (Lipinski definition) is 2. The van der Waals surface area contributed by atoms with Crippen molar-refractivity contribution in [3.63, 3.8) is 0 Å². The second kappa shape index (κ2) is 7.66. The summed E-state index contributed by atoms with van der Waals surface area (Å²) in [4.78, 5) is 25.6. The van der Waals surface area contributed by atoms with Gasteiger partial charge in [0.1, 0.15) is 6.42 Å². The molecule has 0 saturated carbocycles. The monoisotopic (exact) mass is 434 g/mol. The van der Waals surface area contributed by atoms with Gasteiger partial charge in [0.05, 0.1) is 16.3 Å². The smallest absolute Gasteiger partial charge is 0.243 e. The molecular formula is C19H19ClN4O4S. The molecule has 4 rings (SSSR count). The summed E-state index contributed by atoms with van der Waals surface area (Å²) in [6.45, 7) is 1.73. The zero-order valence-corrected chi connectivity index (χ0v) is 17.0. The van der Waals surface area contributed by atoms with E-state index in [0.717, 1.165) is 5.69 Å². The first-order chi connectivity index (χ1) is 13.8. The minimum atomic E-state index is -3.74. The fraction of sp³-hybridized carbons (Fsp3) is 0.263. The van der Waals surface area contributed by atoms with E-state index in [-0.39, 0.29) is 17.0 Å². The molecular weight excluding hydrogens is 416 g/mol. The van der Waals surface area contributed by atoms with Crippen LogP contribution in [0.4, 0.5) is 17.1 Å². The number of carbonyl (C=O) groups is 2. The van der Waals surface area contributed by atoms with E-state index in [0.29, 0.717) is 36.9 Å². The quantitative estimate of drug-likeness (QED) is 0.721. The Hall–Kier alpha value is -2.62. The molecule has 10 heteroatoms. The van der Waals surface area contributed by atoms with Crippen LogP contribution < -0.4 is 15.5 Å². The van der Waals surface area contributed by atoms with Crippen molar-refractivity contribution in [2.45, 2.75) is 11.3 Å². The van der Waals surface area contributed by atoms with Gasteiger partial charge < -0.3 is 15.5 Å². The Morgan fingerprint density at radius 3 is 2.24 bits per heavy atom. The van der Waals surface area contributed by atoms with Crippen molar-refractivity contribution in [3.05, 3.63) is 47.5 Å². The predicted octanol–water partition coefficient (Wildman–Crippen LogP) is 2.13. The van der Waals surface area contributed by atoms with Gasteiger partial charge >= 0.3 is 0 Å². The molecule has 0 atom stereocenters. The van der Waals surface area contributed by atoms with Crippen molar-refractivity contribution in [2.75, 3.05) is 41.7 Å². The van der Waals surface area contributed by atoms with Crippen LogP contribution in [0.2, 0.25) is 5.02 Å². The summed E-state index contributed by atoms with van der Waals surface area (Å²) in [5.74, 6) is -0.917. The number of halogens is 1. The summed E-state index contributed by atoms with van der Waals surface area (Å²) in [6.07, 6.45) is -0.303. The molecule has 2 heterocycles. The molecule has 29 heavy (non-hydrogen) atoms. The molecule has 0 unspecified atom stereocenters. The molecule has 2 aliphatic rings. The number of piperazine rings is 1. The zero-order chi connectivity index (χ0) is 20.6. The van der Waals surface area contributed by atoms with E-state index in [2.05, 4.69) is 15.5 Å². The van der Waals surface area contributed by atoms with Crippen LogP contribution in [0, 0.1) is 0 Å². The number of fused-ring (bicyclic) bond motifs is 1. The highest BCUT2D eigenvalue weighted by Gasteiger charge is 2.30. The maximum atomic E-state index is 13.1. The van der Waals surface area contributed by atoms with Crippen LogP contribution in [-0.2, 0) is 19.6 Å². The van der Waals surface area contributed by atoms with Crippen LogP contribution in [0.5, 0.6) is 0 Å². The van der Waals surface area contributed by atoms with Gasteiger partial charge in [0.15, 0.2) is 0 Å². The molecule has 0 aromatic heterocycles. The topological polar surface area (TPSA) is 98.8 Å². The predicted molar refractivity (Wildman–Crippen MR) is 111 cm³/mol. The van der Waals surface area contributed by atoms with Gasteiger partial charge in [0.2, 0.25) is 21.8 Å². The summed E-state index contributed by atoms with van der Waals surface area (Å²) >= 11 is 6.05. The summed E-state index contributed by atoms with van der Waals surface area (Å²) in [6, 6.07) is 11.8. The minimum Gasteiger partial charge on any atom is -0.369 e. The largest absolute Gasteiger partial charge is 0.369 e. The average molecular weight is 435 g/mol. The lowest BCUT2D eigenvalue weighted by molar-refractivity contribution is -0.123. The number of amides is 2. The van der Waals surface area contributed by atoms with Crippen molar-refractivity contribution < 1.29 is 18.0 Å². The number of nitrogens with one attached hydrogen (secondary N) is 2. The Bertz CT molecular complexity index is 1080. The highest BCUT2D eigenvalue weighted by Crippen LogP contribution is 2.30. The van der Waals surface area contributed by atoms with Gasteiger partial charge in [-0.25, -0.2) is 8.42 Å². The molecule has 2 aliphatic heterocycles. The van der Waals surface area contributed by atoms with Crippen molar-refractivity contribution in [3.8, 4) is 0 Å². The maximum absolute atomic E-state index is 13.1. The van der Waals surface area contributed by atoms with Gasteiger partial charge in [0.25, 0.3) is 0 Å². The van der Waals surface area contributed by atoms with Gasteiger partial charge in [-0.15, -0.1) is 0 Å². The lowest BCUT2D eigenvalue weighted by Gasteiger charge is -2.35. The second-order valence-electron chi connectivity index (χ2n) is 6.85. The molecule has 152 valence electrons. The van der Waals surface area contributed by atoms with Crippen molar-refractivity contribution in [1.29, 1.82) is 0 Å². The molecule has 1 fully saturated rings. The molecule has 2 amide bonds. The number of rotatable bonds is 3. The number of benzene rings is 2. The third-order valence-electron chi connectivity index (χ3n) is 4.91. The first-order valence-corrected chi connectivity index (χ1v) is 10.9. The van der Waals surface area contributed by atoms with Crippen LogP contribution in [0.25, 0.3) is 0 Å². The van der Waals surface area contributed by atoms with E-state index in [1.165, 1.54) is 22.5 Å². The van der Waals surface area contributed by atoms with Gasteiger partial charge in [0, 0.05) is 36.9 Å². The van der Waals surface area contributed by atoms with E-state index in [9.17, 15) is 18.0 Å². The van der Waals surface area contributed by atoms with Crippen LogP contribution in [0.15, 0.2) is 47.4 Å². The molecule has 0 radical (unpaired) electrons. The number of anilines is 3. The number of hydrogen-bond acceptors (Lipinski definition) is 5. The molecule has 8 nitrogen and oxygen atoms in total. The first-order valence-electron chi connectivity index (χ1n) is 9.07. The standard InChI is InChI=1S/C19H19ClN4O4S/c20-13-2-1-3-14(10-13)23-6-8-24(9-7-23)29(27,28)15-4-5-16-17(11-15)22-19(26)12-18(25)21-16/h1-5,10-11H,6-9,12H2,(H,21,25)(H,22,26). The van der Waals surface area contributed by atoms with Crippen LogP contribution >= 0.6 is 11.6 Å². The lowest BCUT2D eigenvalue weighted by Crippen LogP contribution is -2.48. The summed E-state index contributed by atoms with van der Waals surface area (Å²) < 4.78 is 27.6. The van der Waals surface area contributed by atoms with Gasteiger partial charge in [-0.1, -0.05) is 17.7 Å². The minimum absolute atomic E-state index is 0.0731. The summed E-state index contributed by atoms with van der Waals surface area (Å²) in [5, 5.41) is 5.80. The fourth-order valence-electron chi connectivity index (χ4n) is 3.44. The molecule has 2 aromatic rings. The maximum Gasteiger partial charge on any atom is 0.243 e. The summed E-state index contributed by atoms with van der Waals surface area (Å²) in [5.41, 5.74) is 1.61. The Morgan fingerprint density at radius 1 is 0.862 bits per heavy atom. The number of sulfonamides is 1. The molecule has 0 aliphatic carbocycles. The second-order valence-corrected chi connectivity index (χ2v) is 9.23. The van der Waals surface area contributed by atoms with E-state index >= 15 is 0 Å². The SMILES string of the molecule is O=C1CC(=O)Nc2cc(S(=O)(=O)N3CCN(c4cccc(Cl)c4)CC3)ccc2N1. The highest BCUT2D eigenvalue weighted by atomic mass is 35.5. The Kier molecular flexibility index (Phi) is 5.20. The van der Waals surface area contributed by atoms with Gasteiger partial charge in [-0.3, -0.25) is 9.59 Å². The van der Waals surface area contributed by atoms with Crippen molar-refractivity contribution in [1.82, 2.24) is 4.31 Å². The van der Waals surface area contributed by atoms with Crippen molar-refractivity contribution in [2.24, 2.45) is 0 Å². The lowest BCUT2D eigenvalue weighted by atomic mass is 10.2. The molecule has 2 aromatic carbocycles. The Morgan fingerprint density at radius 2 is 1.55 bits per heavy atom. The number of carbonyl (C=O) groups excluding carboxylic acids is 2. The van der Waals surface area contributed by atoms with Gasteiger partial charge in [-0.2, -0.15) is 4.31 Å². The van der Waals surface area contributed by atoms with E-state index in [4.69, 9.17) is 11.6 Å². The van der Waals surface area contributed by atoms with Crippen LogP contribution in [-0.4, -0.2) is 50.7 Å². The zero-order valence-electron chi connectivity index (χ0n) is 15.4. The van der Waals surface area contributed by atoms with Crippen molar-refractivity contribution >= 4 is 50.5 Å². The Labute approximate surface area is 173 Å². The molecule has 1 saturated heterocycles. The molecule has 0 bridgehead atoms. The summed E-state index contributed by atoms with van der Waals surface area (Å²) in [7, 11) is -3.74. The first kappa shape index (κ1) is 19.7. The normalized spacial score (nSPS) is 17.9. The van der Waals surface area contributed by atoms with E-state index in [1.54, 1.807) is 6.07 Å². The van der Waals surface area contributed by atoms with Gasteiger partial charge in [-0.05, 0) is 36.4 Å². The Balaban J connectivity index is 1.52. The highest BCUT2D eigenvalue weighted by molar-refractivity contribution is 7.89. The third-order valence-corrected chi connectivity index (χ3v) is 7.04.